The predicted molar refractivity (Wildman–Crippen MR) is 111 cm³/mol. The van der Waals surface area contributed by atoms with Gasteiger partial charge in [0.05, 0.1) is 35.1 Å². The summed E-state index contributed by atoms with van der Waals surface area (Å²) in [5.74, 6) is -0.582. The van der Waals surface area contributed by atoms with Crippen molar-refractivity contribution in [3.8, 4) is 0 Å². The second kappa shape index (κ2) is 6.92. The third-order valence-electron chi connectivity index (χ3n) is 5.48. The van der Waals surface area contributed by atoms with Crippen LogP contribution in [0.5, 0.6) is 0 Å². The molecule has 1 aliphatic heterocycles. The number of ether oxygens (including phenoxy) is 1. The summed E-state index contributed by atoms with van der Waals surface area (Å²) in [6, 6.07) is 11.7. The highest BCUT2D eigenvalue weighted by Crippen LogP contribution is 2.42. The van der Waals surface area contributed by atoms with E-state index in [-0.39, 0.29) is 19.1 Å². The monoisotopic (exact) mass is 392 g/mol. The maximum Gasteiger partial charge on any atom is 0.325 e. The number of esters is 1. The molecule has 2 heterocycles. The minimum absolute atomic E-state index is 0.0740. The number of hydrogen-bond donors (Lipinski definition) is 1. The van der Waals surface area contributed by atoms with Gasteiger partial charge in [-0.3, -0.25) is 14.3 Å². The number of fused-ring (bicyclic) bond motifs is 2. The van der Waals surface area contributed by atoms with Gasteiger partial charge in [-0.2, -0.15) is 5.10 Å². The van der Waals surface area contributed by atoms with Gasteiger partial charge in [0, 0.05) is 18.1 Å². The van der Waals surface area contributed by atoms with Gasteiger partial charge < -0.3 is 15.0 Å². The van der Waals surface area contributed by atoms with Gasteiger partial charge in [-0.05, 0) is 50.6 Å². The fourth-order valence-corrected chi connectivity index (χ4v) is 3.93. The van der Waals surface area contributed by atoms with Gasteiger partial charge in [-0.1, -0.05) is 12.1 Å². The first-order chi connectivity index (χ1) is 13.8. The Kier molecular flexibility index (Phi) is 4.53. The quantitative estimate of drug-likeness (QED) is 0.672. The summed E-state index contributed by atoms with van der Waals surface area (Å²) in [5.41, 5.74) is 3.49. The molecule has 150 valence electrons. The largest absolute Gasteiger partial charge is 0.465 e. The number of nitrogens with zero attached hydrogens (tertiary/aromatic N) is 3. The molecule has 0 spiro atoms. The zero-order chi connectivity index (χ0) is 20.8. The molecule has 1 aromatic heterocycles. The number of carbonyl (C=O) groups is 2. The molecular formula is C22H24N4O3. The zero-order valence-corrected chi connectivity index (χ0v) is 17.0. The summed E-state index contributed by atoms with van der Waals surface area (Å²) in [6.45, 7) is 5.86. The molecule has 0 saturated heterocycles. The van der Waals surface area contributed by atoms with E-state index in [1.54, 1.807) is 11.8 Å². The van der Waals surface area contributed by atoms with Crippen LogP contribution in [-0.4, -0.2) is 39.7 Å². The van der Waals surface area contributed by atoms with Crippen LogP contribution in [0.4, 0.5) is 11.4 Å². The van der Waals surface area contributed by atoms with Crippen molar-refractivity contribution in [1.29, 1.82) is 0 Å². The van der Waals surface area contributed by atoms with Crippen molar-refractivity contribution in [2.75, 3.05) is 18.5 Å². The van der Waals surface area contributed by atoms with Gasteiger partial charge in [-0.25, -0.2) is 0 Å². The molecule has 0 fully saturated rings. The van der Waals surface area contributed by atoms with Gasteiger partial charge in [0.15, 0.2) is 0 Å². The van der Waals surface area contributed by atoms with Crippen molar-refractivity contribution in [1.82, 2.24) is 14.7 Å². The molecular weight excluding hydrogens is 368 g/mol. The van der Waals surface area contributed by atoms with E-state index in [0.29, 0.717) is 5.56 Å². The molecule has 7 heteroatoms. The van der Waals surface area contributed by atoms with Crippen molar-refractivity contribution in [2.24, 2.45) is 7.05 Å². The summed E-state index contributed by atoms with van der Waals surface area (Å²) < 4.78 is 6.87. The molecule has 0 bridgehead atoms. The van der Waals surface area contributed by atoms with E-state index in [4.69, 9.17) is 4.74 Å². The minimum atomic E-state index is -0.607. The predicted octanol–water partition coefficient (Wildman–Crippen LogP) is 3.57. The molecule has 2 aromatic carbocycles. The van der Waals surface area contributed by atoms with Gasteiger partial charge in [-0.15, -0.1) is 0 Å². The zero-order valence-electron chi connectivity index (χ0n) is 17.0. The van der Waals surface area contributed by atoms with Gasteiger partial charge in [0.25, 0.3) is 5.91 Å². The Morgan fingerprint density at radius 3 is 2.79 bits per heavy atom. The summed E-state index contributed by atoms with van der Waals surface area (Å²) >= 11 is 0. The smallest absolute Gasteiger partial charge is 0.325 e. The van der Waals surface area contributed by atoms with Crippen molar-refractivity contribution < 1.29 is 14.3 Å². The minimum Gasteiger partial charge on any atom is -0.465 e. The topological polar surface area (TPSA) is 76.5 Å². The molecule has 0 unspecified atom stereocenters. The highest BCUT2D eigenvalue weighted by molar-refractivity contribution is 6.06. The van der Waals surface area contributed by atoms with Crippen LogP contribution < -0.4 is 5.32 Å². The number of rotatable bonds is 5. The number of carbonyl (C=O) groups excluding carboxylic acids is 2. The molecule has 0 radical (unpaired) electrons. The van der Waals surface area contributed by atoms with E-state index in [2.05, 4.69) is 10.4 Å². The van der Waals surface area contributed by atoms with E-state index >= 15 is 0 Å². The number of nitrogens with one attached hydrogen (secondary N) is 1. The number of aryl methyl sites for hydroxylation is 1. The van der Waals surface area contributed by atoms with E-state index < -0.39 is 11.5 Å². The first-order valence-electron chi connectivity index (χ1n) is 9.62. The Hall–Kier alpha value is -3.35. The van der Waals surface area contributed by atoms with E-state index in [1.165, 1.54) is 0 Å². The summed E-state index contributed by atoms with van der Waals surface area (Å²) in [4.78, 5) is 26.9. The average molecular weight is 392 g/mol. The number of aromatic nitrogens is 2. The molecule has 4 rings (SSSR count). The van der Waals surface area contributed by atoms with Crippen LogP contribution in [0.1, 0.15) is 36.7 Å². The molecule has 3 aromatic rings. The molecule has 0 saturated carbocycles. The van der Waals surface area contributed by atoms with E-state index in [0.717, 1.165) is 27.8 Å². The number of amides is 1. The highest BCUT2D eigenvalue weighted by Gasteiger charge is 2.45. The second-order valence-corrected chi connectivity index (χ2v) is 7.65. The van der Waals surface area contributed by atoms with Gasteiger partial charge in [0.2, 0.25) is 0 Å². The lowest BCUT2D eigenvalue weighted by atomic mass is 9.93. The van der Waals surface area contributed by atoms with Gasteiger partial charge in [0.1, 0.15) is 6.54 Å². The standard InChI is InChI=1S/C22H24N4O3/c1-5-29-19(27)13-26-21(28)20-16(22(26,2)3)7-6-8-17(20)24-15-9-10-18-14(11-15)12-23-25(18)4/h6-12,24H,5,13H2,1-4H3. The number of hydrogen-bond acceptors (Lipinski definition) is 5. The fourth-order valence-electron chi connectivity index (χ4n) is 3.93. The highest BCUT2D eigenvalue weighted by atomic mass is 16.5. The number of anilines is 2. The van der Waals surface area contributed by atoms with Crippen LogP contribution >= 0.6 is 0 Å². The lowest BCUT2D eigenvalue weighted by molar-refractivity contribution is -0.144. The lowest BCUT2D eigenvalue weighted by Crippen LogP contribution is -2.42. The van der Waals surface area contributed by atoms with Crippen LogP contribution in [0.3, 0.4) is 0 Å². The van der Waals surface area contributed by atoms with Crippen LogP contribution in [0.2, 0.25) is 0 Å². The molecule has 0 aliphatic carbocycles. The molecule has 0 atom stereocenters. The maximum atomic E-state index is 13.2. The first kappa shape index (κ1) is 19.0. The number of benzene rings is 2. The Bertz CT molecular complexity index is 1120. The van der Waals surface area contributed by atoms with E-state index in [1.807, 2.05) is 68.2 Å². The third-order valence-corrected chi connectivity index (χ3v) is 5.48. The van der Waals surface area contributed by atoms with Crippen molar-refractivity contribution in [2.45, 2.75) is 26.3 Å². The normalized spacial score (nSPS) is 14.9. The third kappa shape index (κ3) is 3.12. The first-order valence-corrected chi connectivity index (χ1v) is 9.62. The van der Waals surface area contributed by atoms with Crippen LogP contribution in [-0.2, 0) is 22.1 Å². The van der Waals surface area contributed by atoms with Crippen LogP contribution in [0.15, 0.2) is 42.6 Å². The second-order valence-electron chi connectivity index (χ2n) is 7.65. The SMILES string of the molecule is CCOC(=O)CN1C(=O)c2c(Nc3ccc4c(cnn4C)c3)cccc2C1(C)C. The van der Waals surface area contributed by atoms with Crippen LogP contribution in [0, 0.1) is 0 Å². The summed E-state index contributed by atoms with van der Waals surface area (Å²) in [6.07, 6.45) is 1.81. The Morgan fingerprint density at radius 1 is 1.24 bits per heavy atom. The molecule has 7 nitrogen and oxygen atoms in total. The lowest BCUT2D eigenvalue weighted by Gasteiger charge is -2.31. The average Bonchev–Trinajstić information content (AvgIpc) is 3.13. The molecule has 1 aliphatic rings. The van der Waals surface area contributed by atoms with Crippen molar-refractivity contribution in [3.63, 3.8) is 0 Å². The summed E-state index contributed by atoms with van der Waals surface area (Å²) in [5, 5.41) is 8.66. The Balaban J connectivity index is 1.69. The van der Waals surface area contributed by atoms with Gasteiger partial charge >= 0.3 is 5.97 Å². The van der Waals surface area contributed by atoms with E-state index in [9.17, 15) is 9.59 Å². The fraction of sp³-hybridized carbons (Fsp3) is 0.318. The Morgan fingerprint density at radius 2 is 2.03 bits per heavy atom. The molecule has 1 N–H and O–H groups in total. The molecule has 1 amide bonds. The maximum absolute atomic E-state index is 13.2. The molecule has 29 heavy (non-hydrogen) atoms. The van der Waals surface area contributed by atoms with Crippen molar-refractivity contribution >= 4 is 34.2 Å². The van der Waals surface area contributed by atoms with Crippen molar-refractivity contribution in [3.05, 3.63) is 53.7 Å². The van der Waals surface area contributed by atoms with Crippen LogP contribution in [0.25, 0.3) is 10.9 Å². The Labute approximate surface area is 169 Å². The summed E-state index contributed by atoms with van der Waals surface area (Å²) in [7, 11) is 1.90.